The lowest BCUT2D eigenvalue weighted by Crippen LogP contribution is -2.16. The molecule has 0 aliphatic carbocycles. The van der Waals surface area contributed by atoms with E-state index < -0.39 is 6.36 Å². The van der Waals surface area contributed by atoms with Crippen LogP contribution in [0, 0.1) is 6.92 Å². The maximum absolute atomic E-state index is 12.4. The first-order valence-corrected chi connectivity index (χ1v) is 11.7. The molecular weight excluding hydrogens is 497 g/mol. The van der Waals surface area contributed by atoms with Crippen molar-refractivity contribution in [1.29, 1.82) is 0 Å². The third-order valence-electron chi connectivity index (χ3n) is 5.47. The van der Waals surface area contributed by atoms with Crippen LogP contribution in [0.3, 0.4) is 0 Å². The summed E-state index contributed by atoms with van der Waals surface area (Å²) < 4.78 is 45.9. The third-order valence-corrected chi connectivity index (χ3v) is 6.72. The van der Waals surface area contributed by atoms with Crippen LogP contribution in [0.1, 0.15) is 11.1 Å². The molecule has 0 fully saturated rings. The summed E-state index contributed by atoms with van der Waals surface area (Å²) in [7, 11) is 1.37. The quantitative estimate of drug-likeness (QED) is 0.242. The smallest absolute Gasteiger partial charge is 0.469 e. The van der Waals surface area contributed by atoms with Gasteiger partial charge in [-0.15, -0.1) is 13.2 Å². The largest absolute Gasteiger partial charge is 0.573 e. The Bertz CT molecular complexity index is 1370. The lowest BCUT2D eigenvalue weighted by molar-refractivity contribution is -0.274. The van der Waals surface area contributed by atoms with Gasteiger partial charge in [-0.1, -0.05) is 47.6 Å². The molecule has 35 heavy (non-hydrogen) atoms. The molecule has 0 radical (unpaired) electrons. The van der Waals surface area contributed by atoms with Crippen LogP contribution in [-0.2, 0) is 16.0 Å². The van der Waals surface area contributed by atoms with Crippen molar-refractivity contribution < 1.29 is 27.4 Å². The molecule has 0 aliphatic rings. The SMILES string of the molecule is COC(=O)Cc1cc2ccc(Cl)cc2c(-c2ccc(Sc3ccc(OC(F)(F)F)cc3)cc2)c1C. The fourth-order valence-electron chi connectivity index (χ4n) is 3.85. The summed E-state index contributed by atoms with van der Waals surface area (Å²) in [5.74, 6) is -0.573. The number of esters is 1. The van der Waals surface area contributed by atoms with Gasteiger partial charge >= 0.3 is 12.3 Å². The molecule has 0 atom stereocenters. The van der Waals surface area contributed by atoms with Crippen molar-refractivity contribution in [2.45, 2.75) is 29.5 Å². The maximum atomic E-state index is 12.4. The van der Waals surface area contributed by atoms with E-state index in [4.69, 9.17) is 16.3 Å². The van der Waals surface area contributed by atoms with E-state index >= 15 is 0 Å². The number of hydrogen-bond acceptors (Lipinski definition) is 4. The van der Waals surface area contributed by atoms with Crippen molar-refractivity contribution in [3.63, 3.8) is 0 Å². The van der Waals surface area contributed by atoms with Crippen molar-refractivity contribution in [3.8, 4) is 16.9 Å². The minimum Gasteiger partial charge on any atom is -0.469 e. The summed E-state index contributed by atoms with van der Waals surface area (Å²) in [5.41, 5.74) is 3.78. The molecule has 180 valence electrons. The molecule has 0 N–H and O–H groups in total. The zero-order valence-electron chi connectivity index (χ0n) is 18.8. The van der Waals surface area contributed by atoms with Crippen LogP contribution in [0.2, 0.25) is 5.02 Å². The summed E-state index contributed by atoms with van der Waals surface area (Å²) in [6.07, 6.45) is -4.55. The Morgan fingerprint density at radius 1 is 0.943 bits per heavy atom. The molecule has 4 rings (SSSR count). The molecule has 0 saturated heterocycles. The highest BCUT2D eigenvalue weighted by Gasteiger charge is 2.31. The average Bonchev–Trinajstić information content (AvgIpc) is 2.81. The van der Waals surface area contributed by atoms with Gasteiger partial charge in [-0.05, 0) is 88.5 Å². The second-order valence-corrected chi connectivity index (χ2v) is 9.38. The Morgan fingerprint density at radius 2 is 1.57 bits per heavy atom. The van der Waals surface area contributed by atoms with Gasteiger partial charge in [-0.2, -0.15) is 0 Å². The Hall–Kier alpha value is -3.16. The summed E-state index contributed by atoms with van der Waals surface area (Å²) >= 11 is 7.71. The molecular formula is C27H20ClF3O3S. The Labute approximate surface area is 209 Å². The number of ether oxygens (including phenoxy) is 2. The average molecular weight is 517 g/mol. The predicted molar refractivity (Wildman–Crippen MR) is 132 cm³/mol. The normalized spacial score (nSPS) is 11.5. The highest BCUT2D eigenvalue weighted by molar-refractivity contribution is 7.99. The monoisotopic (exact) mass is 516 g/mol. The van der Waals surface area contributed by atoms with Crippen molar-refractivity contribution in [2.24, 2.45) is 0 Å². The van der Waals surface area contributed by atoms with Crippen LogP contribution < -0.4 is 4.74 Å². The summed E-state index contributed by atoms with van der Waals surface area (Å²) in [6.45, 7) is 1.97. The Balaban J connectivity index is 1.65. The summed E-state index contributed by atoms with van der Waals surface area (Å²) in [6, 6.07) is 21.2. The van der Waals surface area contributed by atoms with Crippen molar-refractivity contribution in [1.82, 2.24) is 0 Å². The zero-order valence-corrected chi connectivity index (χ0v) is 20.4. The van der Waals surface area contributed by atoms with Crippen LogP contribution in [-0.4, -0.2) is 19.4 Å². The minimum absolute atomic E-state index is 0.163. The van der Waals surface area contributed by atoms with Gasteiger partial charge in [-0.3, -0.25) is 4.79 Å². The molecule has 4 aromatic carbocycles. The van der Waals surface area contributed by atoms with Gasteiger partial charge < -0.3 is 9.47 Å². The van der Waals surface area contributed by atoms with Crippen molar-refractivity contribution in [3.05, 3.63) is 88.9 Å². The second-order valence-electron chi connectivity index (χ2n) is 7.80. The minimum atomic E-state index is -4.72. The van der Waals surface area contributed by atoms with Crippen LogP contribution in [0.15, 0.2) is 82.6 Å². The fourth-order valence-corrected chi connectivity index (χ4v) is 4.84. The second kappa shape index (κ2) is 10.2. The van der Waals surface area contributed by atoms with Gasteiger partial charge in [0.2, 0.25) is 0 Å². The predicted octanol–water partition coefficient (Wildman–Crippen LogP) is 8.23. The molecule has 0 bridgehead atoms. The lowest BCUT2D eigenvalue weighted by Gasteiger charge is -2.16. The topological polar surface area (TPSA) is 35.5 Å². The van der Waals surface area contributed by atoms with Gasteiger partial charge in [-0.25, -0.2) is 0 Å². The zero-order chi connectivity index (χ0) is 25.2. The molecule has 8 heteroatoms. The summed E-state index contributed by atoms with van der Waals surface area (Å²) in [4.78, 5) is 13.7. The van der Waals surface area contributed by atoms with E-state index in [1.807, 2.05) is 55.5 Å². The molecule has 4 aromatic rings. The number of fused-ring (bicyclic) bond motifs is 1. The van der Waals surface area contributed by atoms with Gasteiger partial charge in [0.05, 0.1) is 13.5 Å². The van der Waals surface area contributed by atoms with Crippen LogP contribution in [0.4, 0.5) is 13.2 Å². The highest BCUT2D eigenvalue weighted by atomic mass is 35.5. The van der Waals surface area contributed by atoms with E-state index in [-0.39, 0.29) is 18.1 Å². The summed E-state index contributed by atoms with van der Waals surface area (Å²) in [5, 5.41) is 2.56. The van der Waals surface area contributed by atoms with Gasteiger partial charge in [0.15, 0.2) is 0 Å². The lowest BCUT2D eigenvalue weighted by atomic mass is 9.89. The highest BCUT2D eigenvalue weighted by Crippen LogP contribution is 2.38. The number of carbonyl (C=O) groups excluding carboxylic acids is 1. The number of benzene rings is 4. The van der Waals surface area contributed by atoms with E-state index in [1.54, 1.807) is 12.1 Å². The fraction of sp³-hybridized carbons (Fsp3) is 0.148. The molecule has 0 saturated carbocycles. The number of rotatable bonds is 6. The van der Waals surface area contributed by atoms with Gasteiger partial charge in [0.25, 0.3) is 0 Å². The molecule has 0 spiro atoms. The van der Waals surface area contributed by atoms with E-state index in [0.717, 1.165) is 42.8 Å². The number of methoxy groups -OCH3 is 1. The number of carbonyl (C=O) groups is 1. The maximum Gasteiger partial charge on any atom is 0.573 e. The van der Waals surface area contributed by atoms with E-state index in [1.165, 1.54) is 31.0 Å². The number of halogens is 4. The first kappa shape index (κ1) is 24.9. The van der Waals surface area contributed by atoms with Gasteiger partial charge in [0, 0.05) is 14.8 Å². The number of alkyl halides is 3. The first-order valence-electron chi connectivity index (χ1n) is 10.6. The molecule has 3 nitrogen and oxygen atoms in total. The van der Waals surface area contributed by atoms with E-state index in [0.29, 0.717) is 5.02 Å². The van der Waals surface area contributed by atoms with Crippen molar-refractivity contribution in [2.75, 3.05) is 7.11 Å². The number of hydrogen-bond donors (Lipinski definition) is 0. The van der Waals surface area contributed by atoms with Gasteiger partial charge in [0.1, 0.15) is 5.75 Å². The molecule has 0 heterocycles. The third kappa shape index (κ3) is 6.10. The van der Waals surface area contributed by atoms with Crippen LogP contribution >= 0.6 is 23.4 Å². The molecule has 0 aromatic heterocycles. The standard InChI is InChI=1S/C27H20ClF3O3S/c1-16-19(14-25(32)33-2)13-18-3-6-20(28)15-24(18)26(16)17-4-9-22(10-5-17)35-23-11-7-21(8-12-23)34-27(29,30)31/h3-13,15H,14H2,1-2H3. The molecule has 0 amide bonds. The molecule has 0 unspecified atom stereocenters. The van der Waals surface area contributed by atoms with Crippen LogP contribution in [0.25, 0.3) is 21.9 Å². The van der Waals surface area contributed by atoms with Crippen LogP contribution in [0.5, 0.6) is 5.75 Å². The molecule has 0 aliphatic heterocycles. The first-order chi connectivity index (χ1) is 16.6. The van der Waals surface area contributed by atoms with Crippen molar-refractivity contribution >= 4 is 40.1 Å². The Morgan fingerprint density at radius 3 is 2.17 bits per heavy atom. The van der Waals surface area contributed by atoms with E-state index in [2.05, 4.69) is 4.74 Å². The van der Waals surface area contributed by atoms with E-state index in [9.17, 15) is 18.0 Å². The Kier molecular flexibility index (Phi) is 7.28.